The minimum atomic E-state index is -0.347. The Bertz CT molecular complexity index is 1210. The van der Waals surface area contributed by atoms with Gasteiger partial charge in [-0.3, -0.25) is 14.5 Å². The first kappa shape index (κ1) is 24.1. The van der Waals surface area contributed by atoms with E-state index in [0.29, 0.717) is 35.9 Å². The molecule has 1 N–H and O–H groups in total. The van der Waals surface area contributed by atoms with E-state index in [1.165, 1.54) is 12.1 Å². The van der Waals surface area contributed by atoms with Gasteiger partial charge in [0.05, 0.1) is 12.5 Å². The van der Waals surface area contributed by atoms with Gasteiger partial charge in [-0.25, -0.2) is 4.39 Å². The first-order valence-corrected chi connectivity index (χ1v) is 12.5. The van der Waals surface area contributed by atoms with Crippen molar-refractivity contribution in [2.24, 2.45) is 0 Å². The molecule has 0 bridgehead atoms. The minimum Gasteiger partial charge on any atom is -0.351 e. The van der Waals surface area contributed by atoms with Crippen LogP contribution in [0.5, 0.6) is 0 Å². The molecular weight excluding hydrogens is 461 g/mol. The third kappa shape index (κ3) is 5.79. The summed E-state index contributed by atoms with van der Waals surface area (Å²) in [4.78, 5) is 33.5. The average molecular weight is 492 g/mol. The predicted molar refractivity (Wildman–Crippen MR) is 132 cm³/mol. The summed E-state index contributed by atoms with van der Waals surface area (Å²) in [5.41, 5.74) is 2.21. The van der Waals surface area contributed by atoms with Gasteiger partial charge in [0, 0.05) is 37.3 Å². The van der Waals surface area contributed by atoms with Crippen LogP contribution in [0.2, 0.25) is 0 Å². The summed E-state index contributed by atoms with van der Waals surface area (Å²) in [6.45, 7) is 3.82. The largest absolute Gasteiger partial charge is 0.351 e. The molecule has 188 valence electrons. The van der Waals surface area contributed by atoms with Crippen molar-refractivity contribution in [1.29, 1.82) is 0 Å². The van der Waals surface area contributed by atoms with Crippen molar-refractivity contribution < 1.29 is 18.5 Å². The van der Waals surface area contributed by atoms with Crippen LogP contribution in [-0.2, 0) is 11.3 Å². The highest BCUT2D eigenvalue weighted by Crippen LogP contribution is 2.27. The predicted octanol–water partition coefficient (Wildman–Crippen LogP) is 3.61. The van der Waals surface area contributed by atoms with Crippen LogP contribution in [0.15, 0.2) is 53.1 Å². The van der Waals surface area contributed by atoms with Gasteiger partial charge in [0.25, 0.3) is 5.91 Å². The molecule has 2 aliphatic heterocycles. The van der Waals surface area contributed by atoms with Crippen LogP contribution < -0.4 is 5.32 Å². The first-order chi connectivity index (χ1) is 17.5. The lowest BCUT2D eigenvalue weighted by Gasteiger charge is -2.30. The lowest BCUT2D eigenvalue weighted by Crippen LogP contribution is -2.41. The van der Waals surface area contributed by atoms with E-state index in [1.54, 1.807) is 12.1 Å². The van der Waals surface area contributed by atoms with Crippen molar-refractivity contribution in [3.63, 3.8) is 0 Å². The number of nitrogens with zero attached hydrogens (tertiary/aromatic N) is 4. The third-order valence-electron chi connectivity index (χ3n) is 6.83. The fraction of sp³-hybridized carbons (Fsp3) is 0.407. The van der Waals surface area contributed by atoms with Gasteiger partial charge in [-0.1, -0.05) is 29.4 Å². The van der Waals surface area contributed by atoms with Crippen LogP contribution in [0.4, 0.5) is 4.39 Å². The molecule has 2 aliphatic rings. The minimum absolute atomic E-state index is 0.0297. The van der Waals surface area contributed by atoms with Crippen LogP contribution >= 0.6 is 0 Å². The Morgan fingerprint density at radius 2 is 1.86 bits per heavy atom. The summed E-state index contributed by atoms with van der Waals surface area (Å²) in [6, 6.07) is 13.6. The zero-order valence-electron chi connectivity index (χ0n) is 20.2. The van der Waals surface area contributed by atoms with E-state index in [2.05, 4.69) is 20.4 Å². The third-order valence-corrected chi connectivity index (χ3v) is 6.83. The number of carbonyl (C=O) groups excluding carboxylic acids is 2. The number of rotatable bonds is 7. The number of carbonyl (C=O) groups is 2. The Hall–Kier alpha value is -3.59. The second-order valence-electron chi connectivity index (χ2n) is 9.51. The van der Waals surface area contributed by atoms with E-state index in [4.69, 9.17) is 4.52 Å². The quantitative estimate of drug-likeness (QED) is 0.543. The second-order valence-corrected chi connectivity index (χ2v) is 9.51. The summed E-state index contributed by atoms with van der Waals surface area (Å²) in [7, 11) is 0. The number of nitrogens with one attached hydrogen (secondary N) is 1. The summed E-state index contributed by atoms with van der Waals surface area (Å²) in [5.74, 6) is 0.587. The van der Waals surface area contributed by atoms with Crippen LogP contribution in [0.3, 0.4) is 0 Å². The van der Waals surface area contributed by atoms with Crippen molar-refractivity contribution in [2.45, 2.75) is 38.1 Å². The fourth-order valence-corrected chi connectivity index (χ4v) is 4.87. The smallest absolute Gasteiger partial charge is 0.253 e. The van der Waals surface area contributed by atoms with Crippen LogP contribution in [0.25, 0.3) is 11.4 Å². The van der Waals surface area contributed by atoms with Crippen molar-refractivity contribution in [2.75, 3.05) is 32.7 Å². The van der Waals surface area contributed by atoms with Crippen molar-refractivity contribution >= 4 is 11.8 Å². The number of piperidine rings is 1. The number of hydrogen-bond acceptors (Lipinski definition) is 6. The molecule has 0 saturated carbocycles. The molecular formula is C27H30FN5O3. The van der Waals surface area contributed by atoms with Gasteiger partial charge < -0.3 is 14.7 Å². The second kappa shape index (κ2) is 11.0. The van der Waals surface area contributed by atoms with E-state index in [0.717, 1.165) is 50.9 Å². The zero-order chi connectivity index (χ0) is 24.9. The SMILES string of the molecule is O=C(CN1CCCC(c2nc(-c3cccc(F)c3)no2)C1)NCc1ccc(C(=O)N2CCCC2)cc1. The molecule has 9 heteroatoms. The highest BCUT2D eigenvalue weighted by atomic mass is 19.1. The van der Waals surface area contributed by atoms with Gasteiger partial charge in [0.1, 0.15) is 5.82 Å². The first-order valence-electron chi connectivity index (χ1n) is 12.5. The molecule has 0 radical (unpaired) electrons. The summed E-state index contributed by atoms with van der Waals surface area (Å²) in [6.07, 6.45) is 3.95. The van der Waals surface area contributed by atoms with Gasteiger partial charge in [0.15, 0.2) is 0 Å². The molecule has 2 amide bonds. The van der Waals surface area contributed by atoms with Crippen LogP contribution in [-0.4, -0.2) is 64.5 Å². The molecule has 1 unspecified atom stereocenters. The van der Waals surface area contributed by atoms with E-state index in [9.17, 15) is 14.0 Å². The lowest BCUT2D eigenvalue weighted by molar-refractivity contribution is -0.122. The lowest BCUT2D eigenvalue weighted by atomic mass is 9.98. The number of benzene rings is 2. The number of likely N-dealkylation sites (tertiary alicyclic amines) is 2. The van der Waals surface area contributed by atoms with Gasteiger partial charge in [-0.2, -0.15) is 4.98 Å². The van der Waals surface area contributed by atoms with Gasteiger partial charge in [-0.05, 0) is 62.1 Å². The van der Waals surface area contributed by atoms with Gasteiger partial charge in [-0.15, -0.1) is 0 Å². The summed E-state index contributed by atoms with van der Waals surface area (Å²) in [5, 5.41) is 6.99. The monoisotopic (exact) mass is 491 g/mol. The zero-order valence-corrected chi connectivity index (χ0v) is 20.2. The summed E-state index contributed by atoms with van der Waals surface area (Å²) >= 11 is 0. The van der Waals surface area contributed by atoms with E-state index in [1.807, 2.05) is 29.2 Å². The van der Waals surface area contributed by atoms with Crippen molar-refractivity contribution in [3.05, 3.63) is 71.4 Å². The Morgan fingerprint density at radius 3 is 2.64 bits per heavy atom. The maximum absolute atomic E-state index is 13.5. The van der Waals surface area contributed by atoms with Crippen LogP contribution in [0, 0.1) is 5.82 Å². The van der Waals surface area contributed by atoms with Gasteiger partial charge in [0.2, 0.25) is 17.6 Å². The number of hydrogen-bond donors (Lipinski definition) is 1. The number of amides is 2. The molecule has 8 nitrogen and oxygen atoms in total. The molecule has 2 saturated heterocycles. The Morgan fingerprint density at radius 1 is 1.06 bits per heavy atom. The number of aromatic nitrogens is 2. The topological polar surface area (TPSA) is 91.6 Å². The Labute approximate surface area is 209 Å². The summed E-state index contributed by atoms with van der Waals surface area (Å²) < 4.78 is 19.0. The molecule has 3 aromatic rings. The van der Waals surface area contributed by atoms with E-state index < -0.39 is 0 Å². The average Bonchev–Trinajstić information content (AvgIpc) is 3.61. The molecule has 3 heterocycles. The maximum Gasteiger partial charge on any atom is 0.253 e. The van der Waals surface area contributed by atoms with Gasteiger partial charge >= 0.3 is 0 Å². The van der Waals surface area contributed by atoms with E-state index in [-0.39, 0.29) is 30.1 Å². The molecule has 0 spiro atoms. The molecule has 2 aromatic carbocycles. The van der Waals surface area contributed by atoms with Crippen LogP contribution in [0.1, 0.15) is 53.4 Å². The van der Waals surface area contributed by atoms with E-state index >= 15 is 0 Å². The Balaban J connectivity index is 1.11. The molecule has 36 heavy (non-hydrogen) atoms. The Kier molecular flexibility index (Phi) is 7.36. The molecule has 1 atom stereocenters. The molecule has 2 fully saturated rings. The fourth-order valence-electron chi connectivity index (χ4n) is 4.87. The standard InChI is InChI=1S/C27H30FN5O3/c28-23-7-3-5-21(15-23)25-30-26(36-31-25)22-6-4-12-32(17-22)18-24(34)29-16-19-8-10-20(11-9-19)27(35)33-13-1-2-14-33/h3,5,7-11,15,22H,1-2,4,6,12-14,16-18H2,(H,29,34). The highest BCUT2D eigenvalue weighted by molar-refractivity contribution is 5.94. The molecule has 5 rings (SSSR count). The molecule has 0 aliphatic carbocycles. The maximum atomic E-state index is 13.5. The molecule has 1 aromatic heterocycles. The highest BCUT2D eigenvalue weighted by Gasteiger charge is 2.27. The van der Waals surface area contributed by atoms with Crippen molar-refractivity contribution in [3.8, 4) is 11.4 Å². The number of halogens is 1. The van der Waals surface area contributed by atoms with Crippen molar-refractivity contribution in [1.82, 2.24) is 25.3 Å². The normalized spacial score (nSPS) is 18.4.